The van der Waals surface area contributed by atoms with Crippen LogP contribution in [0.15, 0.2) is 42.5 Å². The molecule has 0 saturated carbocycles. The van der Waals surface area contributed by atoms with Crippen molar-refractivity contribution < 1.29 is 5.11 Å². The van der Waals surface area contributed by atoms with E-state index in [2.05, 4.69) is 24.1 Å². The Balaban J connectivity index is 2.55. The third-order valence-corrected chi connectivity index (χ3v) is 2.82. The van der Waals surface area contributed by atoms with Crippen LogP contribution in [0.4, 0.5) is 0 Å². The molecular formula is C15H14O. The average Bonchev–Trinajstić information content (AvgIpc) is 2.35. The SMILES string of the molecule is C#CC(CCO)c1cccc2ccccc12. The Morgan fingerprint density at radius 3 is 2.62 bits per heavy atom. The number of terminal acetylenes is 1. The third-order valence-electron chi connectivity index (χ3n) is 2.82. The van der Waals surface area contributed by atoms with Gasteiger partial charge in [0.1, 0.15) is 0 Å². The summed E-state index contributed by atoms with van der Waals surface area (Å²) in [5, 5.41) is 11.4. The maximum Gasteiger partial charge on any atom is 0.0477 e. The predicted octanol–water partition coefficient (Wildman–Crippen LogP) is 2.94. The Morgan fingerprint density at radius 1 is 1.12 bits per heavy atom. The van der Waals surface area contributed by atoms with Crippen LogP contribution < -0.4 is 0 Å². The Bertz CT molecular complexity index is 517. The highest BCUT2D eigenvalue weighted by Gasteiger charge is 2.10. The van der Waals surface area contributed by atoms with Gasteiger partial charge in [0.05, 0.1) is 0 Å². The highest BCUT2D eigenvalue weighted by molar-refractivity contribution is 5.86. The van der Waals surface area contributed by atoms with Gasteiger partial charge in [0.15, 0.2) is 0 Å². The normalized spacial score (nSPS) is 12.2. The number of hydrogen-bond donors (Lipinski definition) is 1. The molecule has 0 fully saturated rings. The molecule has 1 nitrogen and oxygen atoms in total. The van der Waals surface area contributed by atoms with Crippen LogP contribution in [0, 0.1) is 12.3 Å². The van der Waals surface area contributed by atoms with E-state index >= 15 is 0 Å². The van der Waals surface area contributed by atoms with Gasteiger partial charge in [0.2, 0.25) is 0 Å². The molecule has 0 radical (unpaired) electrons. The molecule has 0 aliphatic rings. The van der Waals surface area contributed by atoms with Crippen LogP contribution in [0.3, 0.4) is 0 Å². The molecule has 1 unspecified atom stereocenters. The zero-order valence-electron chi connectivity index (χ0n) is 9.06. The van der Waals surface area contributed by atoms with Crippen molar-refractivity contribution in [2.45, 2.75) is 12.3 Å². The number of hydrogen-bond acceptors (Lipinski definition) is 1. The van der Waals surface area contributed by atoms with Crippen LogP contribution in [0.2, 0.25) is 0 Å². The summed E-state index contributed by atoms with van der Waals surface area (Å²) in [6.07, 6.45) is 6.14. The molecule has 0 spiro atoms. The first kappa shape index (κ1) is 10.7. The summed E-state index contributed by atoms with van der Waals surface area (Å²) in [6.45, 7) is 0.123. The summed E-state index contributed by atoms with van der Waals surface area (Å²) in [6, 6.07) is 14.3. The lowest BCUT2D eigenvalue weighted by molar-refractivity contribution is 0.284. The van der Waals surface area contributed by atoms with Crippen LogP contribution >= 0.6 is 0 Å². The van der Waals surface area contributed by atoms with Crippen LogP contribution in [0.1, 0.15) is 17.9 Å². The van der Waals surface area contributed by atoms with Gasteiger partial charge < -0.3 is 5.11 Å². The minimum absolute atomic E-state index is 0.00361. The molecule has 0 heterocycles. The lowest BCUT2D eigenvalue weighted by atomic mass is 9.92. The van der Waals surface area contributed by atoms with E-state index in [0.717, 1.165) is 5.56 Å². The summed E-state index contributed by atoms with van der Waals surface area (Å²) in [4.78, 5) is 0. The lowest BCUT2D eigenvalue weighted by Gasteiger charge is -2.12. The van der Waals surface area contributed by atoms with E-state index in [1.807, 2.05) is 24.3 Å². The largest absolute Gasteiger partial charge is 0.396 e. The predicted molar refractivity (Wildman–Crippen MR) is 67.2 cm³/mol. The van der Waals surface area contributed by atoms with Gasteiger partial charge in [-0.15, -0.1) is 6.42 Å². The van der Waals surface area contributed by atoms with E-state index in [9.17, 15) is 0 Å². The monoisotopic (exact) mass is 210 g/mol. The highest BCUT2D eigenvalue weighted by Crippen LogP contribution is 2.27. The van der Waals surface area contributed by atoms with Crippen molar-refractivity contribution in [3.05, 3.63) is 48.0 Å². The number of aliphatic hydroxyl groups excluding tert-OH is 1. The van der Waals surface area contributed by atoms with Gasteiger partial charge in [-0.2, -0.15) is 0 Å². The molecule has 0 aliphatic heterocycles. The number of rotatable bonds is 3. The molecule has 0 amide bonds. The molecule has 0 saturated heterocycles. The standard InChI is InChI=1S/C15H14O/c1-2-12(10-11-16)14-9-5-7-13-6-3-4-8-15(13)14/h1,3-9,12,16H,10-11H2. The van der Waals surface area contributed by atoms with Crippen molar-refractivity contribution in [2.24, 2.45) is 0 Å². The molecule has 2 aromatic carbocycles. The van der Waals surface area contributed by atoms with Crippen molar-refractivity contribution in [1.29, 1.82) is 0 Å². The Morgan fingerprint density at radius 2 is 1.88 bits per heavy atom. The summed E-state index contributed by atoms with van der Waals surface area (Å²) in [7, 11) is 0. The fourth-order valence-corrected chi connectivity index (χ4v) is 2.01. The first-order valence-corrected chi connectivity index (χ1v) is 5.41. The molecule has 0 aliphatic carbocycles. The smallest absolute Gasteiger partial charge is 0.0477 e. The molecule has 1 atom stereocenters. The second kappa shape index (κ2) is 4.83. The molecule has 2 rings (SSSR count). The van der Waals surface area contributed by atoms with E-state index < -0.39 is 0 Å². The minimum Gasteiger partial charge on any atom is -0.396 e. The summed E-state index contributed by atoms with van der Waals surface area (Å²) < 4.78 is 0. The van der Waals surface area contributed by atoms with Crippen molar-refractivity contribution in [2.75, 3.05) is 6.61 Å². The third kappa shape index (κ3) is 1.93. The summed E-state index contributed by atoms with van der Waals surface area (Å²) in [5.41, 5.74) is 1.13. The molecule has 0 bridgehead atoms. The first-order chi connectivity index (χ1) is 7.86. The van der Waals surface area contributed by atoms with Gasteiger partial charge in [-0.25, -0.2) is 0 Å². The maximum atomic E-state index is 9.01. The van der Waals surface area contributed by atoms with Gasteiger partial charge in [-0.05, 0) is 22.8 Å². The van der Waals surface area contributed by atoms with E-state index in [1.165, 1.54) is 10.8 Å². The van der Waals surface area contributed by atoms with Crippen LogP contribution in [0.5, 0.6) is 0 Å². The molecule has 0 aromatic heterocycles. The van der Waals surface area contributed by atoms with E-state index in [0.29, 0.717) is 6.42 Å². The van der Waals surface area contributed by atoms with Gasteiger partial charge in [0, 0.05) is 12.5 Å². The highest BCUT2D eigenvalue weighted by atomic mass is 16.3. The fourth-order valence-electron chi connectivity index (χ4n) is 2.01. The minimum atomic E-state index is -0.00361. The first-order valence-electron chi connectivity index (χ1n) is 5.41. The van der Waals surface area contributed by atoms with Crippen molar-refractivity contribution in [3.8, 4) is 12.3 Å². The van der Waals surface area contributed by atoms with Crippen LogP contribution in [-0.4, -0.2) is 11.7 Å². The van der Waals surface area contributed by atoms with E-state index in [4.69, 9.17) is 11.5 Å². The molecule has 80 valence electrons. The summed E-state index contributed by atoms with van der Waals surface area (Å²) in [5.74, 6) is 2.75. The van der Waals surface area contributed by atoms with Crippen molar-refractivity contribution >= 4 is 10.8 Å². The zero-order valence-corrected chi connectivity index (χ0v) is 9.06. The van der Waals surface area contributed by atoms with Crippen LogP contribution in [0.25, 0.3) is 10.8 Å². The Hall–Kier alpha value is -1.78. The second-order valence-electron chi connectivity index (χ2n) is 3.80. The Labute approximate surface area is 95.7 Å². The van der Waals surface area contributed by atoms with Gasteiger partial charge in [-0.1, -0.05) is 48.4 Å². The number of fused-ring (bicyclic) bond motifs is 1. The zero-order chi connectivity index (χ0) is 11.4. The quantitative estimate of drug-likeness (QED) is 0.772. The van der Waals surface area contributed by atoms with Gasteiger partial charge >= 0.3 is 0 Å². The molecule has 1 N–H and O–H groups in total. The fraction of sp³-hybridized carbons (Fsp3) is 0.200. The second-order valence-corrected chi connectivity index (χ2v) is 3.80. The lowest BCUT2D eigenvalue weighted by Crippen LogP contribution is -1.99. The topological polar surface area (TPSA) is 20.2 Å². The van der Waals surface area contributed by atoms with Crippen molar-refractivity contribution in [1.82, 2.24) is 0 Å². The number of benzene rings is 2. The van der Waals surface area contributed by atoms with Gasteiger partial charge in [-0.3, -0.25) is 0 Å². The van der Waals surface area contributed by atoms with Crippen molar-refractivity contribution in [3.63, 3.8) is 0 Å². The van der Waals surface area contributed by atoms with E-state index in [-0.39, 0.29) is 12.5 Å². The molecule has 2 aromatic rings. The van der Waals surface area contributed by atoms with Crippen LogP contribution in [-0.2, 0) is 0 Å². The Kier molecular flexibility index (Phi) is 3.24. The molecular weight excluding hydrogens is 196 g/mol. The summed E-state index contributed by atoms with van der Waals surface area (Å²) >= 11 is 0. The molecule has 16 heavy (non-hydrogen) atoms. The maximum absolute atomic E-state index is 9.01. The average molecular weight is 210 g/mol. The van der Waals surface area contributed by atoms with E-state index in [1.54, 1.807) is 0 Å². The number of aliphatic hydroxyl groups is 1. The van der Waals surface area contributed by atoms with Gasteiger partial charge in [0.25, 0.3) is 0 Å². The molecule has 1 heteroatoms.